The van der Waals surface area contributed by atoms with Crippen LogP contribution in [0.3, 0.4) is 0 Å². The summed E-state index contributed by atoms with van der Waals surface area (Å²) in [6.45, 7) is 18.1. The number of benzene rings is 1. The monoisotopic (exact) mass is 965 g/mol. The van der Waals surface area contributed by atoms with Crippen molar-refractivity contribution in [2.75, 3.05) is 47.0 Å². The maximum Gasteiger partial charge on any atom is 0.320 e. The second kappa shape index (κ2) is 19.6. The summed E-state index contributed by atoms with van der Waals surface area (Å²) in [5.74, 6) is -1.34. The Morgan fingerprint density at radius 1 is 1.12 bits per heavy atom. The maximum absolute atomic E-state index is 14.9. The zero-order valence-corrected chi connectivity index (χ0v) is 43.8. The van der Waals surface area contributed by atoms with Gasteiger partial charge in [0, 0.05) is 80.4 Å². The van der Waals surface area contributed by atoms with Crippen LogP contribution in [0.4, 0.5) is 4.79 Å². The van der Waals surface area contributed by atoms with Gasteiger partial charge in [-0.15, -0.1) is 11.3 Å². The zero-order chi connectivity index (χ0) is 48.8. The summed E-state index contributed by atoms with van der Waals surface area (Å²) in [6.07, 6.45) is 5.30. The minimum Gasteiger partial charge on any atom is -0.378 e. The summed E-state index contributed by atoms with van der Waals surface area (Å²) in [6, 6.07) is 8.01. The van der Waals surface area contributed by atoms with E-state index >= 15 is 0 Å². The van der Waals surface area contributed by atoms with E-state index < -0.39 is 34.9 Å². The maximum atomic E-state index is 14.9. The molecular formula is C50H67N9O7SSi. The molecule has 2 saturated heterocycles. The predicted octanol–water partition coefficient (Wildman–Crippen LogP) is 4.49. The number of likely N-dealkylation sites (N-methyl/N-ethyl adjacent to an activating group) is 1. The number of thiazole rings is 1. The summed E-state index contributed by atoms with van der Waals surface area (Å²) < 4.78 is 14.8. The Kier molecular flexibility index (Phi) is 14.2. The van der Waals surface area contributed by atoms with Crippen LogP contribution in [0.2, 0.25) is 0 Å². The smallest absolute Gasteiger partial charge is 0.320 e. The predicted molar refractivity (Wildman–Crippen MR) is 266 cm³/mol. The number of amides is 5. The molecule has 8 rings (SSSR count). The fourth-order valence-corrected chi connectivity index (χ4v) is 12.0. The molecule has 1 aromatic carbocycles. The van der Waals surface area contributed by atoms with Crippen molar-refractivity contribution < 1.29 is 33.4 Å². The van der Waals surface area contributed by atoms with Crippen LogP contribution in [-0.2, 0) is 48.0 Å². The van der Waals surface area contributed by atoms with Gasteiger partial charge >= 0.3 is 6.03 Å². The first kappa shape index (κ1) is 49.2. The zero-order valence-electron chi connectivity index (χ0n) is 41.0. The number of nitrogens with zero attached hydrogens (tertiary/aromatic N) is 7. The number of ether oxygens (including phenoxy) is 2. The van der Waals surface area contributed by atoms with Gasteiger partial charge in [-0.3, -0.25) is 24.4 Å². The average molecular weight is 966 g/mol. The number of hydrogen-bond donors (Lipinski definition) is 2. The van der Waals surface area contributed by atoms with E-state index in [1.54, 1.807) is 30.2 Å². The highest BCUT2D eigenvalue weighted by Crippen LogP contribution is 2.42. The first-order chi connectivity index (χ1) is 32.4. The van der Waals surface area contributed by atoms with Crippen molar-refractivity contribution in [3.8, 4) is 22.5 Å². The molecule has 0 spiro atoms. The third-order valence-corrected chi connectivity index (χ3v) is 16.2. The third kappa shape index (κ3) is 9.41. The molecular weight excluding hydrogens is 899 g/mol. The van der Waals surface area contributed by atoms with Crippen molar-refractivity contribution in [3.05, 3.63) is 70.8 Å². The number of methoxy groups -OCH3 is 1. The van der Waals surface area contributed by atoms with Crippen molar-refractivity contribution >= 4 is 61.6 Å². The second-order valence-electron chi connectivity index (χ2n) is 20.1. The van der Waals surface area contributed by atoms with Crippen LogP contribution in [0, 0.1) is 11.3 Å². The molecule has 16 nitrogen and oxygen atoms in total. The summed E-state index contributed by atoms with van der Waals surface area (Å²) in [7, 11) is 3.55. The molecule has 4 aliphatic rings. The summed E-state index contributed by atoms with van der Waals surface area (Å²) in [4.78, 5) is 84.9. The van der Waals surface area contributed by atoms with Gasteiger partial charge in [-0.1, -0.05) is 40.3 Å². The fourth-order valence-electron chi connectivity index (χ4n) is 10.6. The van der Waals surface area contributed by atoms with Crippen LogP contribution in [-0.4, -0.2) is 150 Å². The summed E-state index contributed by atoms with van der Waals surface area (Å²) >= 11 is 1.42. The Morgan fingerprint density at radius 3 is 2.57 bits per heavy atom. The van der Waals surface area contributed by atoms with Gasteiger partial charge in [0.2, 0.25) is 11.8 Å². The lowest BCUT2D eigenvalue weighted by molar-refractivity contribution is -0.148. The number of pyridine rings is 1. The van der Waals surface area contributed by atoms with Crippen LogP contribution < -0.4 is 10.7 Å². The minimum atomic E-state index is -1.13. The van der Waals surface area contributed by atoms with Crippen LogP contribution in [0.1, 0.15) is 83.2 Å². The van der Waals surface area contributed by atoms with Crippen LogP contribution in [0.15, 0.2) is 54.6 Å². The molecule has 18 heteroatoms. The number of fused-ring (bicyclic) bond motifs is 7. The largest absolute Gasteiger partial charge is 0.378 e. The second-order valence-corrected chi connectivity index (χ2v) is 21.9. The van der Waals surface area contributed by atoms with E-state index in [4.69, 9.17) is 19.4 Å². The van der Waals surface area contributed by atoms with Gasteiger partial charge in [0.05, 0.1) is 63.7 Å². The van der Waals surface area contributed by atoms with Gasteiger partial charge in [0.1, 0.15) is 23.0 Å². The molecule has 1 unspecified atom stereocenters. The molecule has 364 valence electrons. The number of nitrogens with one attached hydrogen (secondary N) is 2. The molecule has 3 aromatic heterocycles. The van der Waals surface area contributed by atoms with Crippen LogP contribution >= 0.6 is 11.3 Å². The molecule has 3 fully saturated rings. The van der Waals surface area contributed by atoms with E-state index in [9.17, 15) is 24.0 Å². The van der Waals surface area contributed by atoms with Gasteiger partial charge < -0.3 is 38.9 Å². The normalized spacial score (nSPS) is 23.7. The summed E-state index contributed by atoms with van der Waals surface area (Å²) in [5, 5.41) is 8.26. The van der Waals surface area contributed by atoms with Crippen LogP contribution in [0.25, 0.3) is 33.4 Å². The number of carbonyl (C=O) groups excluding carboxylic acids is 5. The fraction of sp³-hybridized carbons (Fsp3) is 0.540. The minimum absolute atomic E-state index is 0.0165. The molecule has 6 atom stereocenters. The van der Waals surface area contributed by atoms with E-state index in [0.717, 1.165) is 44.7 Å². The lowest BCUT2D eigenvalue weighted by Gasteiger charge is -2.44. The Morgan fingerprint density at radius 2 is 1.87 bits per heavy atom. The molecule has 4 aromatic rings. The molecule has 68 heavy (non-hydrogen) atoms. The lowest BCUT2D eigenvalue weighted by atomic mass is 9.84. The molecule has 5 amide bonds. The number of hydrazine groups is 1. The number of hydrogen-bond acceptors (Lipinski definition) is 11. The quantitative estimate of drug-likeness (QED) is 0.171. The molecule has 2 N–H and O–H groups in total. The van der Waals surface area contributed by atoms with E-state index in [-0.39, 0.29) is 64.7 Å². The molecule has 6 bridgehead atoms. The topological polar surface area (TPSA) is 172 Å². The summed E-state index contributed by atoms with van der Waals surface area (Å²) in [5.41, 5.74) is 8.64. The highest BCUT2D eigenvalue weighted by Gasteiger charge is 2.53. The van der Waals surface area contributed by atoms with E-state index in [0.29, 0.717) is 63.5 Å². The SMILES string of the molecule is C=CC(=O)N1CCN(C(=O)N(C)[C@H](C(=O)N[C@H]2Cc3nc(cs3)-c3ccc4c(c3)c(c(-c3cccnc3[C@H](C)OC)n4CC)CC(C)(C)COC[C@]3(C(=O)[SiH3])CCCN(N3)C2=O)C(C)C)[C@@H]2CC21. The van der Waals surface area contributed by atoms with Gasteiger partial charge in [-0.05, 0) is 86.8 Å². The Bertz CT molecular complexity index is 2610. The van der Waals surface area contributed by atoms with Crippen molar-refractivity contribution in [2.24, 2.45) is 11.3 Å². The molecule has 1 aliphatic carbocycles. The molecule has 1 saturated carbocycles. The van der Waals surface area contributed by atoms with Crippen molar-refractivity contribution in [1.29, 1.82) is 0 Å². The number of carbonyl (C=O) groups is 5. The highest BCUT2D eigenvalue weighted by atomic mass is 32.1. The van der Waals surface area contributed by atoms with Gasteiger partial charge in [-0.2, -0.15) is 0 Å². The first-order valence-electron chi connectivity index (χ1n) is 23.9. The number of aromatic nitrogens is 3. The molecule has 6 heterocycles. The lowest BCUT2D eigenvalue weighted by Crippen LogP contribution is -2.68. The van der Waals surface area contributed by atoms with E-state index in [2.05, 4.69) is 66.9 Å². The first-order valence-corrected chi connectivity index (χ1v) is 25.8. The Labute approximate surface area is 406 Å². The number of urea groups is 1. The van der Waals surface area contributed by atoms with Crippen molar-refractivity contribution in [2.45, 2.75) is 116 Å². The van der Waals surface area contributed by atoms with Crippen molar-refractivity contribution in [3.63, 3.8) is 0 Å². The number of aryl methyl sites for hydroxylation is 1. The number of rotatable bonds is 10. The molecule has 0 radical (unpaired) electrons. The highest BCUT2D eigenvalue weighted by molar-refractivity contribution is 7.10. The standard InChI is InChI=1S/C50H67N9O7SSi/c1-10-41(60)57-20-21-58(39-24-38(39)57)48(64)55(8)43(29(3)4)45(61)53-35-23-40-52-36(26-67-40)31-15-16-37-33(22-31)34(44(56(37)11-2)32-14-12-18-51-42(32)30(5)65-9)25-49(6,7)27-66-28-50(47(63)68)17-13-19-59(54-50)46(35)62/h10,12,14-16,18,22,26,29-30,35,38-39,43,54H,1,11,13,17,19-21,23-25,27-28H2,2-9,68H3,(H,53,61)/t30-,35-,38?,39+,43-,50-/m0/s1. The third-order valence-electron chi connectivity index (χ3n) is 14.4. The van der Waals surface area contributed by atoms with E-state index in [1.807, 2.05) is 32.2 Å². The van der Waals surface area contributed by atoms with Crippen LogP contribution in [0.5, 0.6) is 0 Å². The van der Waals surface area contributed by atoms with Crippen molar-refractivity contribution in [1.82, 2.24) is 45.0 Å². The Hall–Kier alpha value is -5.27. The van der Waals surface area contributed by atoms with Gasteiger partial charge in [0.15, 0.2) is 0 Å². The average Bonchev–Trinajstić information content (AvgIpc) is 3.89. The van der Waals surface area contributed by atoms with Gasteiger partial charge in [-0.25, -0.2) is 15.2 Å². The molecule has 3 aliphatic heterocycles. The van der Waals surface area contributed by atoms with Gasteiger partial charge in [0.25, 0.3) is 5.91 Å². The number of piperazine rings is 1. The Balaban J connectivity index is 1.17. The van der Waals surface area contributed by atoms with E-state index in [1.165, 1.54) is 27.3 Å².